The number of hydrogen-bond acceptors (Lipinski definition) is 1. The van der Waals surface area contributed by atoms with Crippen molar-refractivity contribution >= 4 is 5.78 Å². The highest BCUT2D eigenvalue weighted by molar-refractivity contribution is 5.79. The van der Waals surface area contributed by atoms with Crippen molar-refractivity contribution in [2.45, 2.75) is 44.9 Å². The van der Waals surface area contributed by atoms with E-state index in [-0.39, 0.29) is 0 Å². The van der Waals surface area contributed by atoms with Crippen molar-refractivity contribution in [2.75, 3.05) is 0 Å². The summed E-state index contributed by atoms with van der Waals surface area (Å²) in [6.45, 7) is 0. The second-order valence-corrected chi connectivity index (χ2v) is 3.60. The molecule has 0 spiro atoms. The monoisotopic (exact) mass is 150 g/mol. The van der Waals surface area contributed by atoms with Crippen LogP contribution in [0.1, 0.15) is 44.9 Å². The highest BCUT2D eigenvalue weighted by atomic mass is 16.1. The summed E-state index contributed by atoms with van der Waals surface area (Å²) in [5.74, 6) is 0.472. The number of carbonyl (C=O) groups is 1. The fourth-order valence-corrected chi connectivity index (χ4v) is 2.18. The number of allylic oxidation sites excluding steroid dienone is 2. The fourth-order valence-electron chi connectivity index (χ4n) is 2.18. The first-order valence-electron chi connectivity index (χ1n) is 4.58. The zero-order valence-corrected chi connectivity index (χ0v) is 6.86. The van der Waals surface area contributed by atoms with Gasteiger partial charge in [-0.3, -0.25) is 4.79 Å². The number of Topliss-reactive ketones (excluding diaryl/α,β-unsaturated/α-hetero) is 1. The fraction of sp³-hybridized carbons (Fsp3) is 0.700. The lowest BCUT2D eigenvalue weighted by Crippen LogP contribution is -1.94. The Morgan fingerprint density at radius 3 is 1.82 bits per heavy atom. The smallest absolute Gasteiger partial charge is 0.133 e. The van der Waals surface area contributed by atoms with E-state index in [0.717, 1.165) is 25.7 Å². The summed E-state index contributed by atoms with van der Waals surface area (Å²) in [4.78, 5) is 11.1. The van der Waals surface area contributed by atoms with E-state index in [2.05, 4.69) is 0 Å². The van der Waals surface area contributed by atoms with Gasteiger partial charge in [-0.25, -0.2) is 0 Å². The van der Waals surface area contributed by atoms with Gasteiger partial charge in [-0.15, -0.1) is 0 Å². The molecule has 0 radical (unpaired) electrons. The van der Waals surface area contributed by atoms with Crippen LogP contribution in [-0.4, -0.2) is 5.78 Å². The first-order valence-corrected chi connectivity index (χ1v) is 4.58. The SMILES string of the molecule is O=C1CCC2=C(CCC2)CC1. The lowest BCUT2D eigenvalue weighted by atomic mass is 10.1. The Bertz CT molecular complexity index is 193. The Labute approximate surface area is 67.5 Å². The first kappa shape index (κ1) is 7.08. The van der Waals surface area contributed by atoms with Gasteiger partial charge >= 0.3 is 0 Å². The lowest BCUT2D eigenvalue weighted by molar-refractivity contribution is -0.118. The van der Waals surface area contributed by atoms with Gasteiger partial charge in [-0.05, 0) is 32.1 Å². The van der Waals surface area contributed by atoms with Gasteiger partial charge in [0, 0.05) is 12.8 Å². The average Bonchev–Trinajstić information content (AvgIpc) is 2.38. The molecule has 2 rings (SSSR count). The summed E-state index contributed by atoms with van der Waals surface area (Å²) in [6, 6.07) is 0. The molecule has 0 aliphatic heterocycles. The van der Waals surface area contributed by atoms with E-state index in [4.69, 9.17) is 0 Å². The highest BCUT2D eigenvalue weighted by Crippen LogP contribution is 2.34. The summed E-state index contributed by atoms with van der Waals surface area (Å²) in [6.07, 6.45) is 7.70. The van der Waals surface area contributed by atoms with Gasteiger partial charge in [0.2, 0.25) is 0 Å². The molecule has 0 aromatic rings. The van der Waals surface area contributed by atoms with Crippen LogP contribution in [-0.2, 0) is 4.79 Å². The molecule has 0 saturated carbocycles. The molecule has 11 heavy (non-hydrogen) atoms. The minimum Gasteiger partial charge on any atom is -0.300 e. The number of carbonyl (C=O) groups excluding carboxylic acids is 1. The molecule has 0 saturated heterocycles. The van der Waals surface area contributed by atoms with Crippen molar-refractivity contribution in [3.63, 3.8) is 0 Å². The van der Waals surface area contributed by atoms with Gasteiger partial charge < -0.3 is 0 Å². The second-order valence-electron chi connectivity index (χ2n) is 3.60. The summed E-state index contributed by atoms with van der Waals surface area (Å²) < 4.78 is 0. The van der Waals surface area contributed by atoms with Crippen LogP contribution in [0.15, 0.2) is 11.1 Å². The van der Waals surface area contributed by atoms with Crippen LogP contribution in [0.4, 0.5) is 0 Å². The van der Waals surface area contributed by atoms with Crippen LogP contribution < -0.4 is 0 Å². The van der Waals surface area contributed by atoms with Crippen LogP contribution in [0.25, 0.3) is 0 Å². The minimum atomic E-state index is 0.472. The van der Waals surface area contributed by atoms with Crippen LogP contribution in [0.3, 0.4) is 0 Å². The molecule has 60 valence electrons. The quantitative estimate of drug-likeness (QED) is 0.485. The molecule has 2 aliphatic carbocycles. The van der Waals surface area contributed by atoms with Crippen molar-refractivity contribution in [3.05, 3.63) is 11.1 Å². The normalized spacial score (nSPS) is 25.3. The molecule has 0 aromatic heterocycles. The van der Waals surface area contributed by atoms with Gasteiger partial charge in [-0.1, -0.05) is 11.1 Å². The van der Waals surface area contributed by atoms with E-state index in [0.29, 0.717) is 5.78 Å². The molecule has 1 heteroatoms. The Morgan fingerprint density at radius 2 is 1.27 bits per heavy atom. The molecular weight excluding hydrogens is 136 g/mol. The van der Waals surface area contributed by atoms with Crippen LogP contribution in [0, 0.1) is 0 Å². The van der Waals surface area contributed by atoms with Crippen molar-refractivity contribution in [1.29, 1.82) is 0 Å². The molecule has 0 unspecified atom stereocenters. The highest BCUT2D eigenvalue weighted by Gasteiger charge is 2.19. The van der Waals surface area contributed by atoms with E-state index >= 15 is 0 Å². The molecule has 0 fully saturated rings. The lowest BCUT2D eigenvalue weighted by Gasteiger charge is -1.98. The van der Waals surface area contributed by atoms with Crippen molar-refractivity contribution < 1.29 is 4.79 Å². The van der Waals surface area contributed by atoms with Crippen LogP contribution in [0.5, 0.6) is 0 Å². The molecule has 0 N–H and O–H groups in total. The van der Waals surface area contributed by atoms with E-state index in [1.807, 2.05) is 0 Å². The molecule has 1 nitrogen and oxygen atoms in total. The van der Waals surface area contributed by atoms with Gasteiger partial charge in [0.15, 0.2) is 0 Å². The summed E-state index contributed by atoms with van der Waals surface area (Å²) in [5, 5.41) is 0. The Morgan fingerprint density at radius 1 is 0.727 bits per heavy atom. The molecule has 0 heterocycles. The predicted octanol–water partition coefficient (Wildman–Crippen LogP) is 2.61. The minimum absolute atomic E-state index is 0.472. The van der Waals surface area contributed by atoms with E-state index in [9.17, 15) is 4.79 Å². The largest absolute Gasteiger partial charge is 0.300 e. The number of ketones is 1. The Hall–Kier alpha value is -0.590. The topological polar surface area (TPSA) is 17.1 Å². The van der Waals surface area contributed by atoms with E-state index in [1.165, 1.54) is 19.3 Å². The third kappa shape index (κ3) is 1.37. The molecule has 0 atom stereocenters. The maximum Gasteiger partial charge on any atom is 0.133 e. The summed E-state index contributed by atoms with van der Waals surface area (Å²) in [5.41, 5.74) is 3.24. The van der Waals surface area contributed by atoms with Gasteiger partial charge in [0.05, 0.1) is 0 Å². The molecule has 0 bridgehead atoms. The molecule has 0 aromatic carbocycles. The van der Waals surface area contributed by atoms with Gasteiger partial charge in [0.25, 0.3) is 0 Å². The standard InChI is InChI=1S/C10H14O/c11-10-6-4-8-2-1-3-9(8)5-7-10/h1-7H2. The number of hydrogen-bond donors (Lipinski definition) is 0. The third-order valence-corrected chi connectivity index (χ3v) is 2.87. The first-order chi connectivity index (χ1) is 5.36. The van der Waals surface area contributed by atoms with Crippen molar-refractivity contribution in [3.8, 4) is 0 Å². The third-order valence-electron chi connectivity index (χ3n) is 2.87. The van der Waals surface area contributed by atoms with Gasteiger partial charge in [-0.2, -0.15) is 0 Å². The maximum atomic E-state index is 11.1. The molecular formula is C10H14O. The van der Waals surface area contributed by atoms with Crippen molar-refractivity contribution in [1.82, 2.24) is 0 Å². The maximum absolute atomic E-state index is 11.1. The predicted molar refractivity (Wildman–Crippen MR) is 44.4 cm³/mol. The Kier molecular flexibility index (Phi) is 1.80. The van der Waals surface area contributed by atoms with Gasteiger partial charge in [0.1, 0.15) is 5.78 Å². The average molecular weight is 150 g/mol. The summed E-state index contributed by atoms with van der Waals surface area (Å²) in [7, 11) is 0. The van der Waals surface area contributed by atoms with Crippen LogP contribution in [0.2, 0.25) is 0 Å². The zero-order valence-electron chi connectivity index (χ0n) is 6.86. The second kappa shape index (κ2) is 2.80. The zero-order chi connectivity index (χ0) is 7.68. The molecule has 2 aliphatic rings. The Balaban J connectivity index is 2.12. The number of rotatable bonds is 0. The van der Waals surface area contributed by atoms with Crippen molar-refractivity contribution in [2.24, 2.45) is 0 Å². The van der Waals surface area contributed by atoms with Crippen LogP contribution >= 0.6 is 0 Å². The molecule has 0 amide bonds. The van der Waals surface area contributed by atoms with E-state index < -0.39 is 0 Å². The summed E-state index contributed by atoms with van der Waals surface area (Å²) >= 11 is 0. The van der Waals surface area contributed by atoms with E-state index in [1.54, 1.807) is 11.1 Å².